The molecule has 0 heterocycles. The molecule has 36 nitrogen and oxygen atoms in total. The first-order valence-corrected chi connectivity index (χ1v) is 42.8. The van der Waals surface area contributed by atoms with Gasteiger partial charge in [0.2, 0.25) is 35.4 Å². The molecular formula is C96H114N12O24. The molecule has 0 fully saturated rings. The van der Waals surface area contributed by atoms with Crippen LogP contribution in [0.5, 0.6) is 0 Å². The Hall–Kier alpha value is -15.0. The molecule has 132 heavy (non-hydrogen) atoms. The molecule has 12 atom stereocenters. The van der Waals surface area contributed by atoms with E-state index in [2.05, 4.69) is 63.8 Å². The lowest BCUT2D eigenvalue weighted by molar-refractivity contribution is -0.143. The predicted octanol–water partition coefficient (Wildman–Crippen LogP) is 7.75. The molecule has 0 unspecified atom stereocenters. The summed E-state index contributed by atoms with van der Waals surface area (Å²) in [5.74, 6) is -21.4. The minimum absolute atomic E-state index is 0.0668. The molecule has 12 amide bonds. The van der Waals surface area contributed by atoms with E-state index in [0.29, 0.717) is 0 Å². The van der Waals surface area contributed by atoms with Gasteiger partial charge in [-0.25, -0.2) is 28.8 Å². The lowest BCUT2D eigenvalue weighted by Gasteiger charge is -2.29. The highest BCUT2D eigenvalue weighted by Gasteiger charge is 2.37. The van der Waals surface area contributed by atoms with Crippen molar-refractivity contribution in [1.82, 2.24) is 63.8 Å². The Morgan fingerprint density at radius 3 is 0.348 bits per heavy atom. The third kappa shape index (κ3) is 26.6. The SMILES string of the molecule is CC(C)[C@H](NC(=O)[C@H](C)NC(=O)c1ccc(-c2c(-c3ccc(C(=O)N[C@@H](C)C(=O)N[C@H](C(=O)O)C(C)C)cc3)c(-c3ccc(C(=O)N[C@@H](C)C(=O)N[C@H](C(=O)O)C(C)C)cc3)c(-c3ccc(C(=O)N[C@@H](C)C(=O)N[C@H](C(=O)O)C(C)C)cc3)c(-c3ccc(C(=O)N[C@@H](C)C(=O)N[C@H](C(=O)O)C(C)C)cc3)c2-c2ccc(C(=O)N[C@@H](C)C(=O)N[C@H](C(=O)O)C(C)C)cc2)cc1)C(=O)O. The van der Waals surface area contributed by atoms with E-state index in [0.717, 1.165) is 0 Å². The van der Waals surface area contributed by atoms with Gasteiger partial charge in [0.25, 0.3) is 35.4 Å². The molecule has 0 radical (unpaired) electrons. The van der Waals surface area contributed by atoms with E-state index in [4.69, 9.17) is 0 Å². The molecule has 7 aromatic rings. The summed E-state index contributed by atoms with van der Waals surface area (Å²) in [6, 6.07) is 19.2. The Kier molecular flexibility index (Phi) is 36.1. The summed E-state index contributed by atoms with van der Waals surface area (Å²) < 4.78 is 0. The van der Waals surface area contributed by atoms with E-state index in [1.165, 1.54) is 187 Å². The number of carboxylic acids is 6. The van der Waals surface area contributed by atoms with Crippen molar-refractivity contribution in [3.05, 3.63) is 179 Å². The highest BCUT2D eigenvalue weighted by Crippen LogP contribution is 2.56. The average molecular weight is 1820 g/mol. The smallest absolute Gasteiger partial charge is 0.326 e. The summed E-state index contributed by atoms with van der Waals surface area (Å²) >= 11 is 0. The first-order valence-electron chi connectivity index (χ1n) is 42.8. The average Bonchev–Trinajstić information content (AvgIpc) is 0.711. The van der Waals surface area contributed by atoms with E-state index in [-0.39, 0.29) is 100 Å². The molecule has 0 aliphatic rings. The van der Waals surface area contributed by atoms with E-state index in [1.54, 1.807) is 83.1 Å². The van der Waals surface area contributed by atoms with Crippen molar-refractivity contribution in [2.45, 2.75) is 197 Å². The zero-order valence-electron chi connectivity index (χ0n) is 76.3. The first-order chi connectivity index (χ1) is 61.8. The summed E-state index contributed by atoms with van der Waals surface area (Å²) in [5, 5.41) is 90.2. The maximum absolute atomic E-state index is 14.6. The summed E-state index contributed by atoms with van der Waals surface area (Å²) in [6.07, 6.45) is 0. The van der Waals surface area contributed by atoms with Gasteiger partial charge >= 0.3 is 35.8 Å². The molecular weight excluding hydrogens is 1710 g/mol. The second-order valence-corrected chi connectivity index (χ2v) is 34.3. The van der Waals surface area contributed by atoms with Gasteiger partial charge in [0, 0.05) is 33.4 Å². The van der Waals surface area contributed by atoms with Crippen LogP contribution >= 0.6 is 0 Å². The molecule has 0 aromatic heterocycles. The number of carbonyl (C=O) groups excluding carboxylic acids is 12. The third-order valence-corrected chi connectivity index (χ3v) is 21.9. The molecule has 0 saturated carbocycles. The summed E-state index contributed by atoms with van der Waals surface area (Å²) in [4.78, 5) is 243. The molecule has 36 heteroatoms. The fraction of sp³-hybridized carbons (Fsp3) is 0.375. The van der Waals surface area contributed by atoms with Crippen LogP contribution in [-0.4, -0.2) is 210 Å². The number of carbonyl (C=O) groups is 18. The fourth-order valence-electron chi connectivity index (χ4n) is 14.0. The van der Waals surface area contributed by atoms with Crippen LogP contribution < -0.4 is 63.8 Å². The number of amides is 12. The van der Waals surface area contributed by atoms with Gasteiger partial charge in [-0.15, -0.1) is 0 Å². The Labute approximate surface area is 762 Å². The topological polar surface area (TPSA) is 573 Å². The highest BCUT2D eigenvalue weighted by molar-refractivity contribution is 6.17. The van der Waals surface area contributed by atoms with Crippen LogP contribution in [0.4, 0.5) is 0 Å². The number of nitrogens with one attached hydrogen (secondary N) is 12. The van der Waals surface area contributed by atoms with Gasteiger partial charge in [-0.1, -0.05) is 156 Å². The van der Waals surface area contributed by atoms with E-state index in [9.17, 15) is 117 Å². The third-order valence-electron chi connectivity index (χ3n) is 21.9. The maximum Gasteiger partial charge on any atom is 0.326 e. The fourth-order valence-corrected chi connectivity index (χ4v) is 14.0. The van der Waals surface area contributed by atoms with Crippen molar-refractivity contribution >= 4 is 107 Å². The van der Waals surface area contributed by atoms with Crippen molar-refractivity contribution in [2.75, 3.05) is 0 Å². The zero-order chi connectivity index (χ0) is 98.6. The Bertz CT molecular complexity index is 4630. The van der Waals surface area contributed by atoms with Crippen molar-refractivity contribution < 1.29 is 117 Å². The summed E-state index contributed by atoms with van der Waals surface area (Å²) in [5.41, 5.74) is 2.20. The van der Waals surface area contributed by atoms with Crippen LogP contribution in [0.15, 0.2) is 146 Å². The van der Waals surface area contributed by atoms with Gasteiger partial charge in [0.15, 0.2) is 0 Å². The molecule has 18 N–H and O–H groups in total. The van der Waals surface area contributed by atoms with Crippen molar-refractivity contribution in [3.63, 3.8) is 0 Å². The summed E-state index contributed by atoms with van der Waals surface area (Å²) in [7, 11) is 0. The van der Waals surface area contributed by atoms with Crippen LogP contribution in [0.25, 0.3) is 66.8 Å². The first kappa shape index (κ1) is 104. The van der Waals surface area contributed by atoms with E-state index in [1.807, 2.05) is 0 Å². The Morgan fingerprint density at radius 2 is 0.265 bits per heavy atom. The normalized spacial score (nSPS) is 14.0. The second kappa shape index (κ2) is 45.8. The molecule has 0 bridgehead atoms. The largest absolute Gasteiger partial charge is 0.480 e. The lowest BCUT2D eigenvalue weighted by Crippen LogP contribution is -2.52. The molecule has 0 spiro atoms. The number of hydrogen-bond acceptors (Lipinski definition) is 18. The standard InChI is InChI=1S/C96H114N12O24/c1-43(2)73(91(121)122)103-79(109)49(13)97-85(115)61-31-19-55(20-32-61)67-68(56-21-33-62(34-22-56)86(116)98-50(14)80(110)104-74(44(3)4)92(123)124)70(58-25-37-64(38-26-58)88(118)100-52(16)82(112)106-76(46(7)8)94(127)128)72(60-29-41-66(42-30-60)90(120)102-54(18)84(114)108-78(48(11)12)96(131)132)71(59-27-39-65(40-28-59)89(119)101-53(17)83(113)107-77(47(9)10)95(129)130)69(67)57-23-35-63(36-24-57)87(117)99-51(15)81(111)105-75(45(5)6)93(125)126/h19-54,73-78H,1-18H3,(H,97,115)(H,98,116)(H,99,117)(H,100,118)(H,101,119)(H,102,120)(H,103,109)(H,104,110)(H,105,111)(H,106,112)(H,107,113)(H,108,114)(H,121,122)(H,123,124)(H,125,126)(H,127,128)(H,129,130)(H,131,132)/t49-,50-,51-,52-,53-,54-,73-,74-,75-,76-,77-,78-/m0/s1. The second-order valence-electron chi connectivity index (χ2n) is 34.3. The molecule has 0 aliphatic carbocycles. The number of benzene rings is 7. The van der Waals surface area contributed by atoms with Crippen molar-refractivity contribution in [3.8, 4) is 66.8 Å². The number of aliphatic carboxylic acids is 6. The molecule has 0 saturated heterocycles. The van der Waals surface area contributed by atoms with E-state index >= 15 is 0 Å². The van der Waals surface area contributed by atoms with Gasteiger partial charge in [0.1, 0.15) is 72.5 Å². The van der Waals surface area contributed by atoms with Gasteiger partial charge < -0.3 is 94.4 Å². The Morgan fingerprint density at radius 1 is 0.167 bits per heavy atom. The lowest BCUT2D eigenvalue weighted by atomic mass is 9.74. The maximum atomic E-state index is 14.6. The predicted molar refractivity (Wildman–Crippen MR) is 487 cm³/mol. The van der Waals surface area contributed by atoms with Gasteiger partial charge in [-0.05, 0) is 217 Å². The van der Waals surface area contributed by atoms with Gasteiger partial charge in [-0.2, -0.15) is 0 Å². The molecule has 0 aliphatic heterocycles. The van der Waals surface area contributed by atoms with Crippen molar-refractivity contribution in [2.24, 2.45) is 35.5 Å². The molecule has 7 aromatic carbocycles. The minimum atomic E-state index is -1.34. The van der Waals surface area contributed by atoms with Crippen LogP contribution in [0, 0.1) is 35.5 Å². The molecule has 702 valence electrons. The van der Waals surface area contributed by atoms with Crippen LogP contribution in [0.1, 0.15) is 187 Å². The van der Waals surface area contributed by atoms with Crippen molar-refractivity contribution in [1.29, 1.82) is 0 Å². The highest BCUT2D eigenvalue weighted by atomic mass is 16.4. The monoisotopic (exact) mass is 1820 g/mol. The number of rotatable bonds is 42. The summed E-state index contributed by atoms with van der Waals surface area (Å²) in [6.45, 7) is 26.9. The zero-order valence-corrected chi connectivity index (χ0v) is 76.3. The van der Waals surface area contributed by atoms with Gasteiger partial charge in [0.05, 0.1) is 0 Å². The molecule has 7 rings (SSSR count). The number of hydrogen-bond donors (Lipinski definition) is 18. The van der Waals surface area contributed by atoms with Gasteiger partial charge in [-0.3, -0.25) is 57.5 Å². The Balaban J connectivity index is 1.70. The van der Waals surface area contributed by atoms with Crippen LogP contribution in [-0.2, 0) is 57.5 Å². The quantitative estimate of drug-likeness (QED) is 0.0174. The number of carboxylic acid groups (broad SMARTS) is 6. The van der Waals surface area contributed by atoms with E-state index < -0.39 is 215 Å². The minimum Gasteiger partial charge on any atom is -0.480 e. The van der Waals surface area contributed by atoms with Crippen LogP contribution in [0.3, 0.4) is 0 Å². The van der Waals surface area contributed by atoms with Crippen LogP contribution in [0.2, 0.25) is 0 Å².